The zero-order valence-electron chi connectivity index (χ0n) is 15.1. The number of thioether (sulfide) groups is 1. The maximum atomic E-state index is 13.8. The number of aromatic nitrogens is 2. The zero-order chi connectivity index (χ0) is 19.3. The third-order valence-electron chi connectivity index (χ3n) is 4.53. The van der Waals surface area contributed by atoms with Crippen LogP contribution in [0.1, 0.15) is 5.56 Å². The highest BCUT2D eigenvalue weighted by Gasteiger charge is 2.22. The quantitative estimate of drug-likeness (QED) is 0.572. The number of nitrogens with zero attached hydrogens (tertiary/aromatic N) is 4. The number of hydrogen-bond acceptors (Lipinski definition) is 7. The molecule has 2 aromatic heterocycles. The third kappa shape index (κ3) is 4.60. The molecule has 3 heterocycles. The summed E-state index contributed by atoms with van der Waals surface area (Å²) < 4.78 is 19.4. The van der Waals surface area contributed by atoms with Crippen LogP contribution in [0.4, 0.5) is 4.39 Å². The number of amides is 1. The van der Waals surface area contributed by atoms with Gasteiger partial charge in [0.1, 0.15) is 5.82 Å². The molecule has 0 unspecified atom stereocenters. The molecule has 0 aliphatic carbocycles. The fourth-order valence-corrected chi connectivity index (χ4v) is 4.32. The normalized spacial score (nSPS) is 15.1. The molecular formula is C19H19FN4O2S2. The van der Waals surface area contributed by atoms with Crippen molar-refractivity contribution >= 4 is 29.0 Å². The molecule has 28 heavy (non-hydrogen) atoms. The van der Waals surface area contributed by atoms with Gasteiger partial charge in [0.15, 0.2) is 0 Å². The van der Waals surface area contributed by atoms with Crippen LogP contribution in [0.2, 0.25) is 0 Å². The van der Waals surface area contributed by atoms with Gasteiger partial charge in [0.25, 0.3) is 11.1 Å². The Morgan fingerprint density at radius 3 is 2.71 bits per heavy atom. The lowest BCUT2D eigenvalue weighted by atomic mass is 10.2. The standard InChI is InChI=1S/C19H19FN4O2S2/c20-15-5-2-1-4-14(15)12-23-7-9-24(10-8-23)17(25)13-28-19-22-21-18(26-19)16-6-3-11-27-16/h1-6,11H,7-10,12-13H2. The first kappa shape index (κ1) is 19.1. The molecule has 1 saturated heterocycles. The number of hydrogen-bond donors (Lipinski definition) is 0. The smallest absolute Gasteiger partial charge is 0.277 e. The summed E-state index contributed by atoms with van der Waals surface area (Å²) in [7, 11) is 0. The van der Waals surface area contributed by atoms with Crippen LogP contribution in [-0.2, 0) is 11.3 Å². The molecule has 0 radical (unpaired) electrons. The topological polar surface area (TPSA) is 62.5 Å². The number of carbonyl (C=O) groups excluding carboxylic acids is 1. The van der Waals surface area contributed by atoms with Crippen molar-refractivity contribution in [2.75, 3.05) is 31.9 Å². The summed E-state index contributed by atoms with van der Waals surface area (Å²) in [6.07, 6.45) is 0. The fourth-order valence-electron chi connectivity index (χ4n) is 3.01. The minimum Gasteiger partial charge on any atom is -0.410 e. The van der Waals surface area contributed by atoms with E-state index in [1.54, 1.807) is 12.1 Å². The molecule has 1 fully saturated rings. The van der Waals surface area contributed by atoms with Crippen LogP contribution in [0.5, 0.6) is 0 Å². The molecule has 146 valence electrons. The largest absolute Gasteiger partial charge is 0.410 e. The molecule has 1 aliphatic rings. The van der Waals surface area contributed by atoms with Gasteiger partial charge in [-0.05, 0) is 17.5 Å². The molecule has 1 aromatic carbocycles. The molecular weight excluding hydrogens is 399 g/mol. The Kier molecular flexibility index (Phi) is 6.04. The molecule has 0 atom stereocenters. The Morgan fingerprint density at radius 1 is 1.14 bits per heavy atom. The van der Waals surface area contributed by atoms with Crippen molar-refractivity contribution in [3.05, 3.63) is 53.2 Å². The van der Waals surface area contributed by atoms with Crippen LogP contribution < -0.4 is 0 Å². The molecule has 3 aromatic rings. The second kappa shape index (κ2) is 8.85. The van der Waals surface area contributed by atoms with Gasteiger partial charge in [-0.15, -0.1) is 21.5 Å². The number of halogens is 1. The van der Waals surface area contributed by atoms with Gasteiger partial charge in [-0.1, -0.05) is 36.0 Å². The van der Waals surface area contributed by atoms with Gasteiger partial charge in [-0.25, -0.2) is 4.39 Å². The van der Waals surface area contributed by atoms with Gasteiger partial charge in [-0.3, -0.25) is 9.69 Å². The van der Waals surface area contributed by atoms with Gasteiger partial charge in [-0.2, -0.15) is 0 Å². The highest BCUT2D eigenvalue weighted by Crippen LogP contribution is 2.26. The summed E-state index contributed by atoms with van der Waals surface area (Å²) in [5, 5.41) is 10.4. The Bertz CT molecular complexity index is 924. The van der Waals surface area contributed by atoms with E-state index in [1.807, 2.05) is 28.5 Å². The van der Waals surface area contributed by atoms with E-state index >= 15 is 0 Å². The molecule has 1 aliphatic heterocycles. The summed E-state index contributed by atoms with van der Waals surface area (Å²) >= 11 is 2.78. The number of rotatable bonds is 6. The Hall–Kier alpha value is -2.23. The second-order valence-corrected chi connectivity index (χ2v) is 8.26. The van der Waals surface area contributed by atoms with Crippen LogP contribution in [-0.4, -0.2) is 57.8 Å². The van der Waals surface area contributed by atoms with Crippen LogP contribution in [0.15, 0.2) is 51.4 Å². The number of thiophene rings is 1. The van der Waals surface area contributed by atoms with E-state index in [0.717, 1.165) is 18.0 Å². The maximum absolute atomic E-state index is 13.8. The van der Waals surface area contributed by atoms with E-state index in [4.69, 9.17) is 4.42 Å². The van der Waals surface area contributed by atoms with Crippen molar-refractivity contribution in [2.45, 2.75) is 11.8 Å². The molecule has 6 nitrogen and oxygen atoms in total. The lowest BCUT2D eigenvalue weighted by Gasteiger charge is -2.34. The first-order valence-corrected chi connectivity index (χ1v) is 10.8. The van der Waals surface area contributed by atoms with E-state index in [2.05, 4.69) is 15.1 Å². The zero-order valence-corrected chi connectivity index (χ0v) is 16.7. The number of benzene rings is 1. The fraction of sp³-hybridized carbons (Fsp3) is 0.316. The maximum Gasteiger partial charge on any atom is 0.277 e. The summed E-state index contributed by atoms with van der Waals surface area (Å²) in [4.78, 5) is 17.4. The van der Waals surface area contributed by atoms with Gasteiger partial charge in [0.05, 0.1) is 10.6 Å². The highest BCUT2D eigenvalue weighted by molar-refractivity contribution is 7.99. The SMILES string of the molecule is O=C(CSc1nnc(-c2cccs2)o1)N1CCN(Cc2ccccc2F)CC1. The predicted octanol–water partition coefficient (Wildman–Crippen LogP) is 3.37. The van der Waals surface area contributed by atoms with Gasteiger partial charge < -0.3 is 9.32 Å². The predicted molar refractivity (Wildman–Crippen MR) is 107 cm³/mol. The highest BCUT2D eigenvalue weighted by atomic mass is 32.2. The van der Waals surface area contributed by atoms with Crippen molar-refractivity contribution in [3.8, 4) is 10.8 Å². The van der Waals surface area contributed by atoms with Crippen molar-refractivity contribution < 1.29 is 13.6 Å². The molecule has 0 saturated carbocycles. The Labute approximate surface area is 170 Å². The van der Waals surface area contributed by atoms with Crippen LogP contribution >= 0.6 is 23.1 Å². The average molecular weight is 419 g/mol. The second-order valence-electron chi connectivity index (χ2n) is 6.39. The first-order valence-electron chi connectivity index (χ1n) is 8.93. The molecule has 0 bridgehead atoms. The van der Waals surface area contributed by atoms with Crippen LogP contribution in [0.25, 0.3) is 10.8 Å². The number of piperazine rings is 1. The minimum absolute atomic E-state index is 0.0476. The third-order valence-corrected chi connectivity index (χ3v) is 6.20. The van der Waals surface area contributed by atoms with Crippen molar-refractivity contribution in [1.82, 2.24) is 20.0 Å². The summed E-state index contributed by atoms with van der Waals surface area (Å²) in [6, 6.07) is 10.7. The van der Waals surface area contributed by atoms with E-state index < -0.39 is 0 Å². The minimum atomic E-state index is -0.182. The first-order chi connectivity index (χ1) is 13.7. The van der Waals surface area contributed by atoms with Gasteiger partial charge in [0, 0.05) is 38.3 Å². The molecule has 1 amide bonds. The lowest BCUT2D eigenvalue weighted by Crippen LogP contribution is -2.48. The van der Waals surface area contributed by atoms with Crippen molar-refractivity contribution in [3.63, 3.8) is 0 Å². The average Bonchev–Trinajstić information content (AvgIpc) is 3.40. The van der Waals surface area contributed by atoms with E-state index in [1.165, 1.54) is 29.2 Å². The monoisotopic (exact) mass is 418 g/mol. The van der Waals surface area contributed by atoms with Gasteiger partial charge >= 0.3 is 0 Å². The molecule has 0 N–H and O–H groups in total. The van der Waals surface area contributed by atoms with Crippen molar-refractivity contribution in [1.29, 1.82) is 0 Å². The Morgan fingerprint density at radius 2 is 1.96 bits per heavy atom. The van der Waals surface area contributed by atoms with Crippen molar-refractivity contribution in [2.24, 2.45) is 0 Å². The molecule has 4 rings (SSSR count). The van der Waals surface area contributed by atoms with Crippen LogP contribution in [0, 0.1) is 5.82 Å². The van der Waals surface area contributed by atoms with E-state index in [0.29, 0.717) is 36.3 Å². The van der Waals surface area contributed by atoms with Crippen LogP contribution in [0.3, 0.4) is 0 Å². The van der Waals surface area contributed by atoms with E-state index in [-0.39, 0.29) is 17.5 Å². The number of carbonyl (C=O) groups is 1. The lowest BCUT2D eigenvalue weighted by molar-refractivity contribution is -0.130. The molecule has 9 heteroatoms. The van der Waals surface area contributed by atoms with Gasteiger partial charge in [0.2, 0.25) is 5.91 Å². The van der Waals surface area contributed by atoms with E-state index in [9.17, 15) is 9.18 Å². The summed E-state index contributed by atoms with van der Waals surface area (Å²) in [6.45, 7) is 3.30. The molecule has 0 spiro atoms. The Balaban J connectivity index is 1.24. The summed E-state index contributed by atoms with van der Waals surface area (Å²) in [5.41, 5.74) is 0.691. The summed E-state index contributed by atoms with van der Waals surface area (Å²) in [5.74, 6) is 0.608.